The topological polar surface area (TPSA) is 0 Å². The van der Waals surface area contributed by atoms with Crippen LogP contribution in [0.1, 0.15) is 59.3 Å². The van der Waals surface area contributed by atoms with E-state index in [0.29, 0.717) is 0 Å². The molecule has 0 aromatic rings. The van der Waals surface area contributed by atoms with Crippen molar-refractivity contribution in [3.05, 3.63) is 11.6 Å². The Kier molecular flexibility index (Phi) is 7.66. The first-order chi connectivity index (χ1) is 5.31. The van der Waals surface area contributed by atoms with Gasteiger partial charge in [0.05, 0.1) is 0 Å². The summed E-state index contributed by atoms with van der Waals surface area (Å²) in [5.41, 5.74) is 1.58. The van der Waals surface area contributed by atoms with Crippen molar-refractivity contribution in [1.29, 1.82) is 0 Å². The predicted octanol–water partition coefficient (Wildman–Crippen LogP) is 4.31. The summed E-state index contributed by atoms with van der Waals surface area (Å²) in [6, 6.07) is 0. The largest absolute Gasteiger partial charge is 0.0856 e. The van der Waals surface area contributed by atoms with E-state index in [1.54, 1.807) is 5.57 Å². The van der Waals surface area contributed by atoms with Crippen LogP contribution in [0.5, 0.6) is 0 Å². The van der Waals surface area contributed by atoms with Gasteiger partial charge in [-0.05, 0) is 26.2 Å². The monoisotopic (exact) mass is 154 g/mol. The lowest BCUT2D eigenvalue weighted by molar-refractivity contribution is 0.768. The van der Waals surface area contributed by atoms with Crippen molar-refractivity contribution in [2.24, 2.45) is 0 Å². The summed E-state index contributed by atoms with van der Waals surface area (Å²) < 4.78 is 0. The van der Waals surface area contributed by atoms with Crippen LogP contribution in [0.2, 0.25) is 0 Å². The minimum Gasteiger partial charge on any atom is -0.0856 e. The zero-order valence-electron chi connectivity index (χ0n) is 8.32. The molecule has 0 unspecified atom stereocenters. The van der Waals surface area contributed by atoms with Gasteiger partial charge in [-0.25, -0.2) is 0 Å². The van der Waals surface area contributed by atoms with Gasteiger partial charge in [0.25, 0.3) is 0 Å². The third kappa shape index (κ3) is 7.64. The number of rotatable bonds is 6. The summed E-state index contributed by atoms with van der Waals surface area (Å²) in [7, 11) is 0. The third-order valence-corrected chi connectivity index (χ3v) is 1.98. The van der Waals surface area contributed by atoms with Gasteiger partial charge in [0.15, 0.2) is 0 Å². The Hall–Kier alpha value is -0.260. The van der Waals surface area contributed by atoms with Gasteiger partial charge in [-0.15, -0.1) is 0 Å². The Balaban J connectivity index is 3.30. The summed E-state index contributed by atoms with van der Waals surface area (Å²) in [6.07, 6.45) is 10.3. The van der Waals surface area contributed by atoms with Crippen LogP contribution in [0.3, 0.4) is 0 Å². The average molecular weight is 154 g/mol. The lowest BCUT2D eigenvalue weighted by Gasteiger charge is -1.98. The molecular weight excluding hydrogens is 132 g/mol. The fraction of sp³-hybridized carbons (Fsp3) is 0.818. The van der Waals surface area contributed by atoms with Gasteiger partial charge in [-0.3, -0.25) is 0 Å². The molecule has 0 rings (SSSR count). The maximum Gasteiger partial charge on any atom is -0.0323 e. The molecule has 0 heteroatoms. The van der Waals surface area contributed by atoms with Gasteiger partial charge in [0, 0.05) is 0 Å². The molecule has 0 atom stereocenters. The van der Waals surface area contributed by atoms with Gasteiger partial charge in [0.1, 0.15) is 0 Å². The molecular formula is C11H22. The molecule has 0 aliphatic rings. The first kappa shape index (κ1) is 10.7. The maximum atomic E-state index is 2.40. The highest BCUT2D eigenvalue weighted by atomic mass is 13.9. The van der Waals surface area contributed by atoms with Crippen molar-refractivity contribution in [1.82, 2.24) is 0 Å². The lowest BCUT2D eigenvalue weighted by atomic mass is 10.1. The van der Waals surface area contributed by atoms with E-state index in [0.717, 1.165) is 0 Å². The van der Waals surface area contributed by atoms with Crippen molar-refractivity contribution >= 4 is 0 Å². The van der Waals surface area contributed by atoms with Crippen LogP contribution in [-0.4, -0.2) is 0 Å². The number of hydrogen-bond acceptors (Lipinski definition) is 0. The summed E-state index contributed by atoms with van der Waals surface area (Å²) in [6.45, 7) is 6.75. The quantitative estimate of drug-likeness (QED) is 0.395. The molecule has 0 amide bonds. The molecule has 0 heterocycles. The summed E-state index contributed by atoms with van der Waals surface area (Å²) in [5.74, 6) is 0. The van der Waals surface area contributed by atoms with Crippen LogP contribution in [0.4, 0.5) is 0 Å². The molecule has 0 nitrogen and oxygen atoms in total. The molecule has 11 heavy (non-hydrogen) atoms. The highest BCUT2D eigenvalue weighted by Gasteiger charge is 1.87. The first-order valence-electron chi connectivity index (χ1n) is 4.96. The van der Waals surface area contributed by atoms with Crippen molar-refractivity contribution in [3.8, 4) is 0 Å². The van der Waals surface area contributed by atoms with E-state index in [1.807, 2.05) is 0 Å². The smallest absolute Gasteiger partial charge is 0.0323 e. The molecule has 66 valence electrons. The SMILES string of the molecule is CCCC/C=C(/C)CCCC. The Morgan fingerprint density at radius 2 is 1.73 bits per heavy atom. The molecule has 0 aromatic carbocycles. The van der Waals surface area contributed by atoms with Gasteiger partial charge >= 0.3 is 0 Å². The van der Waals surface area contributed by atoms with E-state index in [2.05, 4.69) is 26.8 Å². The van der Waals surface area contributed by atoms with Crippen LogP contribution in [0.15, 0.2) is 11.6 Å². The zero-order valence-corrected chi connectivity index (χ0v) is 8.32. The zero-order chi connectivity index (χ0) is 8.53. The number of allylic oxidation sites excluding steroid dienone is 2. The second kappa shape index (κ2) is 7.84. The molecule has 0 radical (unpaired) electrons. The predicted molar refractivity (Wildman–Crippen MR) is 52.8 cm³/mol. The molecule has 0 fully saturated rings. The standard InChI is InChI=1S/C11H22/c1-4-6-8-10-11(3)9-7-5-2/h10H,4-9H2,1-3H3/b11-10-. The van der Waals surface area contributed by atoms with E-state index in [9.17, 15) is 0 Å². The van der Waals surface area contributed by atoms with Gasteiger partial charge in [-0.1, -0.05) is 44.8 Å². The molecule has 0 N–H and O–H groups in total. The van der Waals surface area contributed by atoms with E-state index in [1.165, 1.54) is 38.5 Å². The fourth-order valence-electron chi connectivity index (χ4n) is 1.11. The minimum absolute atomic E-state index is 1.28. The summed E-state index contributed by atoms with van der Waals surface area (Å²) >= 11 is 0. The lowest BCUT2D eigenvalue weighted by Crippen LogP contribution is -1.77. The average Bonchev–Trinajstić information content (AvgIpc) is 2.01. The van der Waals surface area contributed by atoms with Crippen molar-refractivity contribution in [2.45, 2.75) is 59.3 Å². The Morgan fingerprint density at radius 1 is 1.09 bits per heavy atom. The number of hydrogen-bond donors (Lipinski definition) is 0. The Labute approximate surface area is 71.7 Å². The maximum absolute atomic E-state index is 2.40. The van der Waals surface area contributed by atoms with E-state index >= 15 is 0 Å². The molecule has 0 saturated heterocycles. The first-order valence-corrected chi connectivity index (χ1v) is 4.96. The van der Waals surface area contributed by atoms with Crippen LogP contribution >= 0.6 is 0 Å². The van der Waals surface area contributed by atoms with Gasteiger partial charge in [-0.2, -0.15) is 0 Å². The second-order valence-electron chi connectivity index (χ2n) is 3.30. The van der Waals surface area contributed by atoms with Gasteiger partial charge in [0.2, 0.25) is 0 Å². The minimum atomic E-state index is 1.28. The molecule has 0 spiro atoms. The molecule has 0 bridgehead atoms. The Bertz CT molecular complexity index is 101. The number of unbranched alkanes of at least 4 members (excludes halogenated alkanes) is 3. The van der Waals surface area contributed by atoms with Crippen molar-refractivity contribution < 1.29 is 0 Å². The summed E-state index contributed by atoms with van der Waals surface area (Å²) in [4.78, 5) is 0. The third-order valence-electron chi connectivity index (χ3n) is 1.98. The van der Waals surface area contributed by atoms with Crippen LogP contribution in [0, 0.1) is 0 Å². The van der Waals surface area contributed by atoms with E-state index < -0.39 is 0 Å². The molecule has 0 aliphatic carbocycles. The fourth-order valence-corrected chi connectivity index (χ4v) is 1.11. The normalized spacial score (nSPS) is 12.1. The second-order valence-corrected chi connectivity index (χ2v) is 3.30. The van der Waals surface area contributed by atoms with E-state index in [4.69, 9.17) is 0 Å². The van der Waals surface area contributed by atoms with Gasteiger partial charge < -0.3 is 0 Å². The highest BCUT2D eigenvalue weighted by molar-refractivity contribution is 4.97. The summed E-state index contributed by atoms with van der Waals surface area (Å²) in [5, 5.41) is 0. The Morgan fingerprint density at radius 3 is 2.27 bits per heavy atom. The molecule has 0 saturated carbocycles. The van der Waals surface area contributed by atoms with Crippen LogP contribution < -0.4 is 0 Å². The molecule has 0 aliphatic heterocycles. The van der Waals surface area contributed by atoms with Crippen molar-refractivity contribution in [3.63, 3.8) is 0 Å². The van der Waals surface area contributed by atoms with Crippen molar-refractivity contribution in [2.75, 3.05) is 0 Å². The highest BCUT2D eigenvalue weighted by Crippen LogP contribution is 2.08. The van der Waals surface area contributed by atoms with E-state index in [-0.39, 0.29) is 0 Å². The van der Waals surface area contributed by atoms with Crippen LogP contribution in [0.25, 0.3) is 0 Å². The van der Waals surface area contributed by atoms with Crippen LogP contribution in [-0.2, 0) is 0 Å². The molecule has 0 aromatic heterocycles.